The van der Waals surface area contributed by atoms with Crippen LogP contribution in [0, 0.1) is 12.7 Å². The number of allylic oxidation sites excluding steroid dienone is 1. The Morgan fingerprint density at radius 3 is 2.70 bits per heavy atom. The quantitative estimate of drug-likeness (QED) is 0.124. The van der Waals surface area contributed by atoms with E-state index in [1.54, 1.807) is 48.7 Å². The van der Waals surface area contributed by atoms with Gasteiger partial charge >= 0.3 is 0 Å². The summed E-state index contributed by atoms with van der Waals surface area (Å²) in [6.07, 6.45) is 5.44. The zero-order chi connectivity index (χ0) is 33.6. The second-order valence-corrected chi connectivity index (χ2v) is 13.0. The Hall–Kier alpha value is -4.52. The SMILES string of the molecule is C=NC(=N[C@H]1CCCNC1)N/C(=C\C)c1cccnc1Oc1c(C)ccc2c(NS(=O)(=O)Cc3cccc(Cl)c3OC)c(F)ccc12. The van der Waals surface area contributed by atoms with Gasteiger partial charge < -0.3 is 20.1 Å². The fourth-order valence-corrected chi connectivity index (χ4v) is 6.91. The Labute approximate surface area is 278 Å². The number of benzene rings is 3. The van der Waals surface area contributed by atoms with Crippen LogP contribution >= 0.6 is 11.6 Å². The lowest BCUT2D eigenvalue weighted by Gasteiger charge is -2.21. The van der Waals surface area contributed by atoms with Gasteiger partial charge in [-0.15, -0.1) is 0 Å². The third kappa shape index (κ3) is 7.90. The zero-order valence-corrected chi connectivity index (χ0v) is 27.9. The number of methoxy groups -OCH3 is 1. The molecule has 47 heavy (non-hydrogen) atoms. The molecule has 0 spiro atoms. The fourth-order valence-electron chi connectivity index (χ4n) is 5.41. The van der Waals surface area contributed by atoms with Gasteiger partial charge in [0.2, 0.25) is 21.9 Å². The Kier molecular flexibility index (Phi) is 10.7. The number of aliphatic imine (C=N–C) groups is 2. The molecule has 0 bridgehead atoms. The summed E-state index contributed by atoms with van der Waals surface area (Å²) < 4.78 is 56.2. The smallest absolute Gasteiger partial charge is 0.237 e. The van der Waals surface area contributed by atoms with E-state index in [4.69, 9.17) is 26.1 Å². The van der Waals surface area contributed by atoms with Crippen LogP contribution in [-0.4, -0.2) is 52.3 Å². The fraction of sp³-hybridized carbons (Fsp3) is 0.265. The van der Waals surface area contributed by atoms with E-state index in [-0.39, 0.29) is 28.4 Å². The Bertz CT molecular complexity index is 1960. The van der Waals surface area contributed by atoms with Gasteiger partial charge in [0, 0.05) is 34.8 Å². The maximum absolute atomic E-state index is 15.3. The summed E-state index contributed by atoms with van der Waals surface area (Å²) in [7, 11) is -2.70. The average molecular weight is 679 g/mol. The molecule has 4 aromatic rings. The van der Waals surface area contributed by atoms with Crippen molar-refractivity contribution in [1.82, 2.24) is 15.6 Å². The standard InChI is InChI=1S/C34H36ClFN6O4S/c1-5-29(41-34(37-3)40-23-10-7-17-38-19-23)26-11-8-18-39-33(26)46-31-21(2)13-14-24-25(31)15-16-28(36)30(24)42-47(43,44)20-22-9-6-12-27(35)32(22)45-4/h5-6,8-9,11-16,18,23,38,42H,3,7,10,17,19-20H2,1-2,4H3,(H,40,41)/b29-5-/t23-/m0/s1. The number of guanidine groups is 1. The molecule has 0 radical (unpaired) electrons. The predicted octanol–water partition coefficient (Wildman–Crippen LogP) is 6.84. The van der Waals surface area contributed by atoms with Gasteiger partial charge in [-0.25, -0.2) is 27.8 Å². The number of aromatic nitrogens is 1. The molecular formula is C34H36ClFN6O4S. The molecule has 1 aliphatic rings. The molecule has 1 aliphatic heterocycles. The van der Waals surface area contributed by atoms with Crippen LogP contribution in [0.25, 0.3) is 16.5 Å². The number of pyridine rings is 1. The van der Waals surface area contributed by atoms with Crippen LogP contribution in [0.5, 0.6) is 17.4 Å². The minimum absolute atomic E-state index is 0.0809. The van der Waals surface area contributed by atoms with E-state index in [9.17, 15) is 8.42 Å². The van der Waals surface area contributed by atoms with E-state index in [0.717, 1.165) is 31.5 Å². The number of nitrogens with one attached hydrogen (secondary N) is 3. The summed E-state index contributed by atoms with van der Waals surface area (Å²) in [5, 5.41) is 7.66. The lowest BCUT2D eigenvalue weighted by Crippen LogP contribution is -2.34. The first-order chi connectivity index (χ1) is 22.6. The number of rotatable bonds is 10. The normalized spacial score (nSPS) is 15.7. The highest BCUT2D eigenvalue weighted by molar-refractivity contribution is 7.92. The first-order valence-electron chi connectivity index (χ1n) is 15.0. The number of piperidine rings is 1. The van der Waals surface area contributed by atoms with E-state index in [1.165, 1.54) is 13.2 Å². The van der Waals surface area contributed by atoms with Crippen LogP contribution in [-0.2, 0) is 15.8 Å². The van der Waals surface area contributed by atoms with Crippen molar-refractivity contribution < 1.29 is 22.3 Å². The summed E-state index contributed by atoms with van der Waals surface area (Å²) in [4.78, 5) is 13.3. The van der Waals surface area contributed by atoms with Gasteiger partial charge in [0.1, 0.15) is 17.3 Å². The van der Waals surface area contributed by atoms with Crippen LogP contribution < -0.4 is 24.8 Å². The summed E-state index contributed by atoms with van der Waals surface area (Å²) in [6, 6.07) is 14.6. The summed E-state index contributed by atoms with van der Waals surface area (Å²) in [5.74, 6) is 0.0411. The molecule has 0 saturated carbocycles. The monoisotopic (exact) mass is 678 g/mol. The second-order valence-electron chi connectivity index (χ2n) is 10.9. The molecule has 1 atom stereocenters. The number of ether oxygens (including phenoxy) is 2. The maximum Gasteiger partial charge on any atom is 0.237 e. The number of nitrogens with zero attached hydrogens (tertiary/aromatic N) is 3. The number of anilines is 1. The molecule has 1 aromatic heterocycles. The van der Waals surface area contributed by atoms with Crippen molar-refractivity contribution in [2.24, 2.45) is 9.98 Å². The number of hydrogen-bond acceptors (Lipinski definition) is 7. The number of hydrogen-bond donors (Lipinski definition) is 3. The van der Waals surface area contributed by atoms with Crippen molar-refractivity contribution >= 4 is 56.5 Å². The summed E-state index contributed by atoms with van der Waals surface area (Å²) in [5.41, 5.74) is 2.13. The molecule has 3 aromatic carbocycles. The van der Waals surface area contributed by atoms with Crippen molar-refractivity contribution in [1.29, 1.82) is 0 Å². The number of para-hydroxylation sites is 1. The van der Waals surface area contributed by atoms with Crippen molar-refractivity contribution in [3.63, 3.8) is 0 Å². The van der Waals surface area contributed by atoms with Crippen LogP contribution in [0.2, 0.25) is 5.02 Å². The first kappa shape index (κ1) is 33.8. The van der Waals surface area contributed by atoms with Gasteiger partial charge in [0.15, 0.2) is 0 Å². The van der Waals surface area contributed by atoms with Crippen molar-refractivity contribution in [2.45, 2.75) is 38.5 Å². The lowest BCUT2D eigenvalue weighted by molar-refractivity contribution is 0.411. The highest BCUT2D eigenvalue weighted by Crippen LogP contribution is 2.39. The average Bonchev–Trinajstić information content (AvgIpc) is 3.06. The maximum atomic E-state index is 15.3. The second kappa shape index (κ2) is 14.9. The number of fused-ring (bicyclic) bond motifs is 1. The van der Waals surface area contributed by atoms with E-state index in [1.807, 2.05) is 26.0 Å². The third-order valence-electron chi connectivity index (χ3n) is 7.67. The molecule has 5 rings (SSSR count). The van der Waals surface area contributed by atoms with Crippen molar-refractivity contribution in [3.8, 4) is 17.4 Å². The molecule has 1 fully saturated rings. The Morgan fingerprint density at radius 2 is 1.98 bits per heavy atom. The van der Waals surface area contributed by atoms with E-state index in [2.05, 4.69) is 32.0 Å². The zero-order valence-electron chi connectivity index (χ0n) is 26.3. The highest BCUT2D eigenvalue weighted by Gasteiger charge is 2.22. The molecule has 246 valence electrons. The largest absolute Gasteiger partial charge is 0.495 e. The van der Waals surface area contributed by atoms with E-state index in [0.29, 0.717) is 39.3 Å². The first-order valence-corrected chi connectivity index (χ1v) is 17.0. The van der Waals surface area contributed by atoms with Crippen LogP contribution in [0.4, 0.5) is 10.1 Å². The highest BCUT2D eigenvalue weighted by atomic mass is 35.5. The van der Waals surface area contributed by atoms with Gasteiger partial charge in [0.25, 0.3) is 0 Å². The topological polar surface area (TPSA) is 126 Å². The van der Waals surface area contributed by atoms with Gasteiger partial charge in [0.05, 0.1) is 35.2 Å². The van der Waals surface area contributed by atoms with Gasteiger partial charge in [-0.1, -0.05) is 41.9 Å². The number of aryl methyl sites for hydroxylation is 1. The van der Waals surface area contributed by atoms with Crippen molar-refractivity contribution in [2.75, 3.05) is 24.9 Å². The molecule has 13 heteroatoms. The predicted molar refractivity (Wildman–Crippen MR) is 187 cm³/mol. The molecule has 0 aliphatic carbocycles. The van der Waals surface area contributed by atoms with Crippen LogP contribution in [0.1, 0.15) is 36.5 Å². The Morgan fingerprint density at radius 1 is 1.17 bits per heavy atom. The molecule has 3 N–H and O–H groups in total. The summed E-state index contributed by atoms with van der Waals surface area (Å²) in [6.45, 7) is 9.14. The van der Waals surface area contributed by atoms with Gasteiger partial charge in [-0.3, -0.25) is 4.72 Å². The lowest BCUT2D eigenvalue weighted by atomic mass is 10.0. The van der Waals surface area contributed by atoms with E-state index < -0.39 is 21.6 Å². The van der Waals surface area contributed by atoms with Crippen LogP contribution in [0.15, 0.2) is 76.9 Å². The van der Waals surface area contributed by atoms with Crippen molar-refractivity contribution in [3.05, 3.63) is 94.4 Å². The van der Waals surface area contributed by atoms with E-state index >= 15 is 4.39 Å². The van der Waals surface area contributed by atoms with Crippen LogP contribution in [0.3, 0.4) is 0 Å². The molecular weight excluding hydrogens is 643 g/mol. The van der Waals surface area contributed by atoms with Gasteiger partial charge in [-0.2, -0.15) is 0 Å². The minimum Gasteiger partial charge on any atom is -0.495 e. The third-order valence-corrected chi connectivity index (χ3v) is 9.18. The number of sulfonamides is 1. The number of halogens is 2. The molecule has 10 nitrogen and oxygen atoms in total. The molecule has 1 saturated heterocycles. The Balaban J connectivity index is 1.48. The van der Waals surface area contributed by atoms with Gasteiger partial charge in [-0.05, 0) is 75.8 Å². The molecule has 0 unspecified atom stereocenters. The minimum atomic E-state index is -4.11. The molecule has 2 heterocycles. The molecule has 0 amide bonds. The summed E-state index contributed by atoms with van der Waals surface area (Å²) >= 11 is 6.19.